The van der Waals surface area contributed by atoms with Crippen LogP contribution in [0.1, 0.15) is 30.4 Å². The molecule has 1 N–H and O–H groups in total. The van der Waals surface area contributed by atoms with Gasteiger partial charge in [0.25, 0.3) is 0 Å². The second-order valence-corrected chi connectivity index (χ2v) is 6.45. The van der Waals surface area contributed by atoms with E-state index in [0.29, 0.717) is 36.6 Å². The summed E-state index contributed by atoms with van der Waals surface area (Å²) in [6.45, 7) is 2.22. The number of benzene rings is 1. The number of rotatable bonds is 2. The van der Waals surface area contributed by atoms with Crippen molar-refractivity contribution in [2.75, 3.05) is 5.32 Å². The smallest absolute Gasteiger partial charge is 0.225 e. The Morgan fingerprint density at radius 1 is 1.30 bits per heavy atom. The highest BCUT2D eigenvalue weighted by molar-refractivity contribution is 5.93. The summed E-state index contributed by atoms with van der Waals surface area (Å²) >= 11 is 0. The van der Waals surface area contributed by atoms with Gasteiger partial charge in [-0.3, -0.25) is 4.79 Å². The van der Waals surface area contributed by atoms with Crippen LogP contribution in [0, 0.1) is 5.92 Å². The zero-order valence-corrected chi connectivity index (χ0v) is 12.7. The van der Waals surface area contributed by atoms with Gasteiger partial charge < -0.3 is 14.8 Å². The first-order valence-electron chi connectivity index (χ1n) is 7.97. The second kappa shape index (κ2) is 4.47. The third-order valence-corrected chi connectivity index (χ3v) is 5.00. The van der Waals surface area contributed by atoms with Crippen LogP contribution in [0.2, 0.25) is 0 Å². The summed E-state index contributed by atoms with van der Waals surface area (Å²) in [5, 5.41) is 2.80. The molecule has 0 bridgehead atoms. The Labute approximate surface area is 133 Å². The lowest BCUT2D eigenvalue weighted by Gasteiger charge is -2.19. The number of hydrogen-bond donors (Lipinski definition) is 1. The van der Waals surface area contributed by atoms with Crippen molar-refractivity contribution in [1.29, 1.82) is 0 Å². The van der Waals surface area contributed by atoms with Crippen molar-refractivity contribution in [3.63, 3.8) is 0 Å². The summed E-state index contributed by atoms with van der Waals surface area (Å²) in [4.78, 5) is 15.7. The molecule has 2 aromatic rings. The minimum absolute atomic E-state index is 0.00518. The topological polar surface area (TPSA) is 60.5 Å². The molecule has 3 heterocycles. The van der Waals surface area contributed by atoms with Gasteiger partial charge in [0.2, 0.25) is 5.91 Å². The monoisotopic (exact) mass is 308 g/mol. The summed E-state index contributed by atoms with van der Waals surface area (Å²) in [5.74, 6) is 4.27. The van der Waals surface area contributed by atoms with Crippen molar-refractivity contribution < 1.29 is 14.3 Å². The lowest BCUT2D eigenvalue weighted by Crippen LogP contribution is -2.20. The lowest BCUT2D eigenvalue weighted by molar-refractivity contribution is -0.116. The number of carbonyl (C=O) groups is 1. The number of aromatic nitrogens is 1. The van der Waals surface area contributed by atoms with Gasteiger partial charge in [-0.25, -0.2) is 4.98 Å². The summed E-state index contributed by atoms with van der Waals surface area (Å²) in [7, 11) is 0. The molecule has 0 unspecified atom stereocenters. The number of anilines is 1. The van der Waals surface area contributed by atoms with Gasteiger partial charge in [0.1, 0.15) is 29.2 Å². The predicted octanol–water partition coefficient (Wildman–Crippen LogP) is 3.25. The van der Waals surface area contributed by atoms with Crippen molar-refractivity contribution in [2.24, 2.45) is 5.92 Å². The molecular weight excluding hydrogens is 292 g/mol. The third kappa shape index (κ3) is 1.92. The van der Waals surface area contributed by atoms with E-state index in [0.717, 1.165) is 22.8 Å². The average molecular weight is 308 g/mol. The maximum Gasteiger partial charge on any atom is 0.225 e. The Balaban J connectivity index is 1.47. The number of fused-ring (bicyclic) bond motifs is 4. The standard InChI is InChI=1S/C18H16N2O3/c1-9-16-12-8-10(2-4-13(12)23-17(9)16)22-14-6-7-19-18-11(14)3-5-15(21)20-18/h2,4,6-9,16-17H,3,5H2,1H3,(H,19,20,21)/t9-,16+,17+/m0/s1. The van der Waals surface area contributed by atoms with Gasteiger partial charge in [0, 0.05) is 35.6 Å². The fourth-order valence-electron chi connectivity index (χ4n) is 3.65. The van der Waals surface area contributed by atoms with Crippen molar-refractivity contribution in [3.05, 3.63) is 41.6 Å². The van der Waals surface area contributed by atoms with Crippen LogP contribution in [0.15, 0.2) is 30.5 Å². The van der Waals surface area contributed by atoms with E-state index in [1.165, 1.54) is 5.56 Å². The molecule has 3 aliphatic rings. The molecule has 1 aliphatic carbocycles. The Morgan fingerprint density at radius 2 is 2.22 bits per heavy atom. The molecule has 3 atom stereocenters. The molecule has 1 amide bonds. The first-order chi connectivity index (χ1) is 11.2. The number of carbonyl (C=O) groups excluding carboxylic acids is 1. The summed E-state index contributed by atoms with van der Waals surface area (Å²) in [6, 6.07) is 7.85. The van der Waals surface area contributed by atoms with Crippen molar-refractivity contribution in [2.45, 2.75) is 31.8 Å². The highest BCUT2D eigenvalue weighted by Gasteiger charge is 2.55. The lowest BCUT2D eigenvalue weighted by atomic mass is 10.1. The molecule has 2 aliphatic heterocycles. The molecule has 1 saturated carbocycles. The minimum atomic E-state index is 0.00518. The molecule has 5 rings (SSSR count). The second-order valence-electron chi connectivity index (χ2n) is 6.45. The van der Waals surface area contributed by atoms with Gasteiger partial charge in [-0.05, 0) is 30.7 Å². The molecule has 5 heteroatoms. The predicted molar refractivity (Wildman–Crippen MR) is 84.0 cm³/mol. The van der Waals surface area contributed by atoms with Crippen molar-refractivity contribution in [1.82, 2.24) is 4.98 Å². The largest absolute Gasteiger partial charge is 0.489 e. The maximum absolute atomic E-state index is 11.5. The van der Waals surface area contributed by atoms with E-state index in [4.69, 9.17) is 9.47 Å². The number of hydrogen-bond acceptors (Lipinski definition) is 4. The van der Waals surface area contributed by atoms with E-state index in [9.17, 15) is 4.79 Å². The molecule has 5 nitrogen and oxygen atoms in total. The average Bonchev–Trinajstić information content (AvgIpc) is 3.02. The highest BCUT2D eigenvalue weighted by Crippen LogP contribution is 2.58. The zero-order chi connectivity index (χ0) is 15.6. The van der Waals surface area contributed by atoms with Gasteiger partial charge in [-0.1, -0.05) is 6.92 Å². The van der Waals surface area contributed by atoms with Crippen LogP contribution in [-0.4, -0.2) is 17.0 Å². The van der Waals surface area contributed by atoms with Crippen LogP contribution in [-0.2, 0) is 11.2 Å². The number of ether oxygens (including phenoxy) is 2. The van der Waals surface area contributed by atoms with Crippen molar-refractivity contribution >= 4 is 11.7 Å². The van der Waals surface area contributed by atoms with Crippen LogP contribution >= 0.6 is 0 Å². The molecule has 1 aromatic heterocycles. The molecule has 1 aromatic carbocycles. The molecule has 23 heavy (non-hydrogen) atoms. The van der Waals surface area contributed by atoms with Crippen molar-refractivity contribution in [3.8, 4) is 17.2 Å². The van der Waals surface area contributed by atoms with Crippen LogP contribution in [0.5, 0.6) is 17.2 Å². The molecular formula is C18H16N2O3. The quantitative estimate of drug-likeness (QED) is 0.925. The fourth-order valence-corrected chi connectivity index (χ4v) is 3.65. The number of nitrogens with one attached hydrogen (secondary N) is 1. The number of pyridine rings is 1. The Morgan fingerprint density at radius 3 is 3.13 bits per heavy atom. The van der Waals surface area contributed by atoms with Crippen LogP contribution in [0.3, 0.4) is 0 Å². The first-order valence-corrected chi connectivity index (χ1v) is 7.97. The molecule has 0 radical (unpaired) electrons. The van der Waals surface area contributed by atoms with E-state index >= 15 is 0 Å². The third-order valence-electron chi connectivity index (χ3n) is 5.00. The Kier molecular flexibility index (Phi) is 2.52. The van der Waals surface area contributed by atoms with E-state index in [-0.39, 0.29) is 5.91 Å². The van der Waals surface area contributed by atoms with Crippen LogP contribution < -0.4 is 14.8 Å². The van der Waals surface area contributed by atoms with Gasteiger partial charge in [-0.2, -0.15) is 0 Å². The van der Waals surface area contributed by atoms with E-state index < -0.39 is 0 Å². The summed E-state index contributed by atoms with van der Waals surface area (Å²) in [6.07, 6.45) is 3.13. The van der Waals surface area contributed by atoms with E-state index in [2.05, 4.69) is 23.3 Å². The highest BCUT2D eigenvalue weighted by atomic mass is 16.5. The van der Waals surface area contributed by atoms with Gasteiger partial charge >= 0.3 is 0 Å². The van der Waals surface area contributed by atoms with E-state index in [1.807, 2.05) is 18.2 Å². The van der Waals surface area contributed by atoms with E-state index in [1.54, 1.807) is 6.20 Å². The van der Waals surface area contributed by atoms with Gasteiger partial charge in [0.15, 0.2) is 0 Å². The van der Waals surface area contributed by atoms with Gasteiger partial charge in [0.05, 0.1) is 0 Å². The SMILES string of the molecule is C[C@@H]1[C@H]2Oc3ccc(Oc4ccnc5c4CCC(=O)N5)cc3[C@@H]12. The Bertz CT molecular complexity index is 833. The number of nitrogens with zero attached hydrogens (tertiary/aromatic N) is 1. The Hall–Kier alpha value is -2.56. The number of amides is 1. The minimum Gasteiger partial charge on any atom is -0.489 e. The molecule has 0 spiro atoms. The maximum atomic E-state index is 11.5. The van der Waals surface area contributed by atoms with Crippen LogP contribution in [0.4, 0.5) is 5.82 Å². The van der Waals surface area contributed by atoms with Crippen LogP contribution in [0.25, 0.3) is 0 Å². The molecule has 116 valence electrons. The fraction of sp³-hybridized carbons (Fsp3) is 0.333. The zero-order valence-electron chi connectivity index (χ0n) is 12.7. The normalized spacial score (nSPS) is 26.5. The summed E-state index contributed by atoms with van der Waals surface area (Å²) < 4.78 is 12.0. The van der Waals surface area contributed by atoms with Gasteiger partial charge in [-0.15, -0.1) is 0 Å². The first kappa shape index (κ1) is 12.9. The molecule has 0 saturated heterocycles. The molecule has 1 fully saturated rings. The summed E-state index contributed by atoms with van der Waals surface area (Å²) in [5.41, 5.74) is 2.21.